The summed E-state index contributed by atoms with van der Waals surface area (Å²) in [5.41, 5.74) is 1.17. The molecule has 0 amide bonds. The zero-order valence-corrected chi connectivity index (χ0v) is 8.98. The molecule has 0 radical (unpaired) electrons. The van der Waals surface area contributed by atoms with Gasteiger partial charge in [0.25, 0.3) is 0 Å². The number of hydrogen-bond acceptors (Lipinski definition) is 0. The first-order valence-electron chi connectivity index (χ1n) is 4.68. The summed E-state index contributed by atoms with van der Waals surface area (Å²) >= 11 is 0. The highest BCUT2D eigenvalue weighted by Crippen LogP contribution is 2.09. The molecule has 0 spiro atoms. The predicted octanol–water partition coefficient (Wildman–Crippen LogP) is 4.03. The maximum absolute atomic E-state index is 5.08. The largest absolute Gasteiger partial charge is 0.120 e. The van der Waals surface area contributed by atoms with Gasteiger partial charge < -0.3 is 0 Å². The topological polar surface area (TPSA) is 0 Å². The van der Waals surface area contributed by atoms with Crippen molar-refractivity contribution >= 4 is 0 Å². The fraction of sp³-hybridized carbons (Fsp3) is 0.667. The van der Waals surface area contributed by atoms with Gasteiger partial charge in [0.15, 0.2) is 0 Å². The molecule has 0 saturated carbocycles. The first-order chi connectivity index (χ1) is 5.59. The minimum atomic E-state index is 0.486. The van der Waals surface area contributed by atoms with Crippen LogP contribution in [0.3, 0.4) is 0 Å². The number of hydrogen-bond donors (Lipinski definition) is 0. The Morgan fingerprint density at radius 2 is 1.83 bits per heavy atom. The van der Waals surface area contributed by atoms with Crippen molar-refractivity contribution in [1.29, 1.82) is 0 Å². The Hall–Kier alpha value is -0.700. The SMILES string of the molecule is C#CCC(C)C(=C)C.CCCC. The maximum Gasteiger partial charge on any atom is 0.0149 e. The summed E-state index contributed by atoms with van der Waals surface area (Å²) in [5.74, 6) is 3.07. The van der Waals surface area contributed by atoms with Gasteiger partial charge >= 0.3 is 0 Å². The van der Waals surface area contributed by atoms with Gasteiger partial charge in [0.05, 0.1) is 0 Å². The van der Waals surface area contributed by atoms with Gasteiger partial charge in [-0.15, -0.1) is 12.3 Å². The second-order valence-electron chi connectivity index (χ2n) is 3.16. The normalized spacial score (nSPS) is 10.6. The summed E-state index contributed by atoms with van der Waals surface area (Å²) in [6.45, 7) is 12.2. The van der Waals surface area contributed by atoms with E-state index in [0.717, 1.165) is 6.42 Å². The van der Waals surface area contributed by atoms with E-state index in [0.29, 0.717) is 5.92 Å². The fourth-order valence-corrected chi connectivity index (χ4v) is 0.351. The van der Waals surface area contributed by atoms with Crippen molar-refractivity contribution in [3.63, 3.8) is 0 Å². The van der Waals surface area contributed by atoms with Crippen LogP contribution in [-0.4, -0.2) is 0 Å². The molecule has 0 aromatic heterocycles. The molecule has 0 heteroatoms. The Bertz CT molecular complexity index is 135. The molecule has 0 rings (SSSR count). The number of allylic oxidation sites excluding steroid dienone is 1. The lowest BCUT2D eigenvalue weighted by atomic mass is 10.0. The molecule has 0 aliphatic rings. The van der Waals surface area contributed by atoms with E-state index in [4.69, 9.17) is 6.42 Å². The van der Waals surface area contributed by atoms with Crippen molar-refractivity contribution in [2.24, 2.45) is 5.92 Å². The summed E-state index contributed by atoms with van der Waals surface area (Å²) in [6.07, 6.45) is 8.53. The quantitative estimate of drug-likeness (QED) is 0.438. The summed E-state index contributed by atoms with van der Waals surface area (Å²) in [7, 11) is 0. The van der Waals surface area contributed by atoms with Crippen LogP contribution in [-0.2, 0) is 0 Å². The van der Waals surface area contributed by atoms with Crippen molar-refractivity contribution in [3.05, 3.63) is 12.2 Å². The van der Waals surface area contributed by atoms with Gasteiger partial charge in [-0.25, -0.2) is 0 Å². The molecule has 0 aliphatic heterocycles. The van der Waals surface area contributed by atoms with Crippen molar-refractivity contribution in [3.8, 4) is 12.3 Å². The van der Waals surface area contributed by atoms with Gasteiger partial charge in [-0.2, -0.15) is 0 Å². The maximum atomic E-state index is 5.08. The van der Waals surface area contributed by atoms with Crippen LogP contribution in [0.5, 0.6) is 0 Å². The zero-order chi connectivity index (χ0) is 9.98. The van der Waals surface area contributed by atoms with Crippen LogP contribution in [0.15, 0.2) is 12.2 Å². The van der Waals surface area contributed by atoms with Crippen molar-refractivity contribution in [1.82, 2.24) is 0 Å². The summed E-state index contributed by atoms with van der Waals surface area (Å²) in [6, 6.07) is 0. The fourth-order valence-electron chi connectivity index (χ4n) is 0.351. The van der Waals surface area contributed by atoms with Crippen LogP contribution in [0.2, 0.25) is 0 Å². The smallest absolute Gasteiger partial charge is 0.0149 e. The highest BCUT2D eigenvalue weighted by Gasteiger charge is 1.96. The molecule has 0 nitrogen and oxygen atoms in total. The van der Waals surface area contributed by atoms with Gasteiger partial charge in [0.1, 0.15) is 0 Å². The lowest BCUT2D eigenvalue weighted by Crippen LogP contribution is -1.91. The molecule has 0 saturated heterocycles. The van der Waals surface area contributed by atoms with Crippen molar-refractivity contribution < 1.29 is 0 Å². The van der Waals surface area contributed by atoms with E-state index in [9.17, 15) is 0 Å². The molecule has 0 aromatic carbocycles. The molecule has 0 aromatic rings. The zero-order valence-electron chi connectivity index (χ0n) is 8.98. The minimum Gasteiger partial charge on any atom is -0.120 e. The molecule has 70 valence electrons. The van der Waals surface area contributed by atoms with Crippen LogP contribution in [0.4, 0.5) is 0 Å². The lowest BCUT2D eigenvalue weighted by molar-refractivity contribution is 0.711. The van der Waals surface area contributed by atoms with Crippen molar-refractivity contribution in [2.45, 2.75) is 47.0 Å². The van der Waals surface area contributed by atoms with Gasteiger partial charge in [-0.3, -0.25) is 0 Å². The monoisotopic (exact) mass is 166 g/mol. The number of terminal acetylenes is 1. The Labute approximate surface area is 78.1 Å². The predicted molar refractivity (Wildman–Crippen MR) is 58.0 cm³/mol. The summed E-state index contributed by atoms with van der Waals surface area (Å²) in [4.78, 5) is 0. The van der Waals surface area contributed by atoms with E-state index in [-0.39, 0.29) is 0 Å². The average Bonchev–Trinajstić information content (AvgIpc) is 2.05. The molecule has 0 bridgehead atoms. The molecule has 0 aliphatic carbocycles. The Balaban J connectivity index is 0. The molecular formula is C12H22. The second-order valence-corrected chi connectivity index (χ2v) is 3.16. The summed E-state index contributed by atoms with van der Waals surface area (Å²) in [5, 5.41) is 0. The number of rotatable bonds is 3. The first kappa shape index (κ1) is 13.9. The van der Waals surface area contributed by atoms with E-state index < -0.39 is 0 Å². The van der Waals surface area contributed by atoms with E-state index in [1.165, 1.54) is 18.4 Å². The van der Waals surface area contributed by atoms with Gasteiger partial charge in [0.2, 0.25) is 0 Å². The van der Waals surface area contributed by atoms with E-state index in [1.807, 2.05) is 6.92 Å². The average molecular weight is 166 g/mol. The third-order valence-corrected chi connectivity index (χ3v) is 1.77. The molecule has 0 N–H and O–H groups in total. The van der Waals surface area contributed by atoms with Crippen LogP contribution in [0, 0.1) is 18.3 Å². The standard InChI is InChI=1S/C8H12.C4H10/c1-5-6-8(4)7(2)3;1-3-4-2/h1,8H,2,6H2,3-4H3;3-4H2,1-2H3. The Morgan fingerprint density at radius 3 is 1.92 bits per heavy atom. The van der Waals surface area contributed by atoms with E-state index in [1.54, 1.807) is 0 Å². The molecule has 0 heterocycles. The van der Waals surface area contributed by atoms with Gasteiger partial charge in [-0.05, 0) is 12.8 Å². The van der Waals surface area contributed by atoms with Gasteiger partial charge in [0, 0.05) is 6.42 Å². The van der Waals surface area contributed by atoms with E-state index >= 15 is 0 Å². The second kappa shape index (κ2) is 10.3. The molecule has 1 atom stereocenters. The highest BCUT2D eigenvalue weighted by molar-refractivity contribution is 5.00. The highest BCUT2D eigenvalue weighted by atomic mass is 14.0. The van der Waals surface area contributed by atoms with Crippen LogP contribution < -0.4 is 0 Å². The number of unbranched alkanes of at least 4 members (excludes halogenated alkanes) is 1. The van der Waals surface area contributed by atoms with Crippen molar-refractivity contribution in [2.75, 3.05) is 0 Å². The summed E-state index contributed by atoms with van der Waals surface area (Å²) < 4.78 is 0. The Kier molecular flexibility index (Phi) is 11.9. The molecule has 0 fully saturated rings. The Morgan fingerprint density at radius 1 is 1.42 bits per heavy atom. The van der Waals surface area contributed by atoms with E-state index in [2.05, 4.69) is 33.3 Å². The van der Waals surface area contributed by atoms with Crippen LogP contribution in [0.25, 0.3) is 0 Å². The third-order valence-electron chi connectivity index (χ3n) is 1.77. The third kappa shape index (κ3) is 12.0. The molecule has 1 unspecified atom stereocenters. The van der Waals surface area contributed by atoms with Gasteiger partial charge in [-0.1, -0.05) is 45.8 Å². The minimum absolute atomic E-state index is 0.486. The van der Waals surface area contributed by atoms with Crippen LogP contribution >= 0.6 is 0 Å². The molecular weight excluding hydrogens is 144 g/mol. The van der Waals surface area contributed by atoms with Crippen LogP contribution in [0.1, 0.15) is 47.0 Å². The first-order valence-corrected chi connectivity index (χ1v) is 4.68. The molecule has 12 heavy (non-hydrogen) atoms. The lowest BCUT2D eigenvalue weighted by Gasteiger charge is -2.03.